The Morgan fingerprint density at radius 3 is 3.00 bits per heavy atom. The zero-order chi connectivity index (χ0) is 11.4. The van der Waals surface area contributed by atoms with E-state index in [0.29, 0.717) is 18.6 Å². The van der Waals surface area contributed by atoms with Crippen LogP contribution in [0.5, 0.6) is 0 Å². The van der Waals surface area contributed by atoms with Gasteiger partial charge in [-0.2, -0.15) is 0 Å². The van der Waals surface area contributed by atoms with Crippen LogP contribution in [0.1, 0.15) is 30.7 Å². The van der Waals surface area contributed by atoms with Gasteiger partial charge in [0.05, 0.1) is 6.10 Å². The number of rotatable bonds is 4. The topological polar surface area (TPSA) is 35.2 Å². The molecule has 0 radical (unpaired) electrons. The highest BCUT2D eigenvalue weighted by molar-refractivity contribution is 6.30. The van der Waals surface area contributed by atoms with Gasteiger partial charge in [0.1, 0.15) is 0 Å². The lowest BCUT2D eigenvalue weighted by atomic mass is 9.92. The molecule has 1 aromatic carbocycles. The Labute approximate surface area is 102 Å². The van der Waals surface area contributed by atoms with Crippen molar-refractivity contribution in [1.29, 1.82) is 0 Å². The van der Waals surface area contributed by atoms with Crippen molar-refractivity contribution in [3.05, 3.63) is 34.9 Å². The number of nitrogens with two attached hydrogens (primary N) is 1. The molecule has 1 aliphatic heterocycles. The maximum atomic E-state index is 5.99. The largest absolute Gasteiger partial charge is 0.378 e. The van der Waals surface area contributed by atoms with Crippen molar-refractivity contribution in [3.63, 3.8) is 0 Å². The van der Waals surface area contributed by atoms with Gasteiger partial charge >= 0.3 is 0 Å². The monoisotopic (exact) mass is 239 g/mol. The summed E-state index contributed by atoms with van der Waals surface area (Å²) in [6.45, 7) is 1.55. The molecule has 2 atom stereocenters. The number of hydrogen-bond acceptors (Lipinski definition) is 2. The van der Waals surface area contributed by atoms with Crippen LogP contribution in [0.15, 0.2) is 24.3 Å². The fourth-order valence-corrected chi connectivity index (χ4v) is 2.48. The molecule has 1 saturated heterocycles. The third kappa shape index (κ3) is 2.97. The molecule has 1 heterocycles. The summed E-state index contributed by atoms with van der Waals surface area (Å²) in [4.78, 5) is 0. The maximum absolute atomic E-state index is 5.99. The molecular weight excluding hydrogens is 222 g/mol. The van der Waals surface area contributed by atoms with E-state index in [9.17, 15) is 0 Å². The molecule has 2 nitrogen and oxygen atoms in total. The summed E-state index contributed by atoms with van der Waals surface area (Å²) in [5.74, 6) is 0.363. The molecule has 88 valence electrons. The SMILES string of the molecule is NCC(CC1CCCO1)c1cccc(Cl)c1. The van der Waals surface area contributed by atoms with Gasteiger partial charge in [-0.05, 0) is 49.4 Å². The van der Waals surface area contributed by atoms with Crippen LogP contribution < -0.4 is 5.73 Å². The second-order valence-corrected chi connectivity index (χ2v) is 4.79. The Kier molecular flexibility index (Phi) is 4.22. The normalized spacial score (nSPS) is 22.2. The van der Waals surface area contributed by atoms with Gasteiger partial charge in [-0.15, -0.1) is 0 Å². The molecule has 1 aromatic rings. The van der Waals surface area contributed by atoms with Crippen molar-refractivity contribution in [2.45, 2.75) is 31.3 Å². The Morgan fingerprint density at radius 1 is 1.50 bits per heavy atom. The van der Waals surface area contributed by atoms with Crippen LogP contribution in [0.25, 0.3) is 0 Å². The molecule has 0 amide bonds. The van der Waals surface area contributed by atoms with Gasteiger partial charge in [-0.1, -0.05) is 23.7 Å². The van der Waals surface area contributed by atoms with E-state index < -0.39 is 0 Å². The van der Waals surface area contributed by atoms with E-state index >= 15 is 0 Å². The quantitative estimate of drug-likeness (QED) is 0.877. The van der Waals surface area contributed by atoms with Gasteiger partial charge in [0.25, 0.3) is 0 Å². The molecule has 0 saturated carbocycles. The molecule has 2 unspecified atom stereocenters. The molecule has 1 fully saturated rings. The minimum Gasteiger partial charge on any atom is -0.378 e. The van der Waals surface area contributed by atoms with Crippen molar-refractivity contribution in [3.8, 4) is 0 Å². The highest BCUT2D eigenvalue weighted by atomic mass is 35.5. The third-order valence-corrected chi connectivity index (χ3v) is 3.41. The number of hydrogen-bond donors (Lipinski definition) is 1. The summed E-state index contributed by atoms with van der Waals surface area (Å²) in [7, 11) is 0. The lowest BCUT2D eigenvalue weighted by molar-refractivity contribution is 0.0984. The van der Waals surface area contributed by atoms with Crippen molar-refractivity contribution in [2.75, 3.05) is 13.2 Å². The molecule has 1 aliphatic rings. The molecule has 16 heavy (non-hydrogen) atoms. The Hall–Kier alpha value is -0.570. The summed E-state index contributed by atoms with van der Waals surface area (Å²) in [6, 6.07) is 7.98. The van der Waals surface area contributed by atoms with Gasteiger partial charge in [0, 0.05) is 11.6 Å². The molecular formula is C13H18ClNO. The lowest BCUT2D eigenvalue weighted by Gasteiger charge is -2.19. The van der Waals surface area contributed by atoms with E-state index in [4.69, 9.17) is 22.1 Å². The van der Waals surface area contributed by atoms with E-state index in [0.717, 1.165) is 24.5 Å². The lowest BCUT2D eigenvalue weighted by Crippen LogP contribution is -2.18. The van der Waals surface area contributed by atoms with Crippen molar-refractivity contribution in [1.82, 2.24) is 0 Å². The van der Waals surface area contributed by atoms with Crippen LogP contribution >= 0.6 is 11.6 Å². The summed E-state index contributed by atoms with van der Waals surface area (Å²) in [5, 5.41) is 0.781. The van der Waals surface area contributed by atoms with E-state index in [1.807, 2.05) is 18.2 Å². The zero-order valence-electron chi connectivity index (χ0n) is 9.36. The molecule has 0 aliphatic carbocycles. The van der Waals surface area contributed by atoms with Gasteiger partial charge in [-0.25, -0.2) is 0 Å². The Balaban J connectivity index is 2.03. The zero-order valence-corrected chi connectivity index (χ0v) is 10.1. The van der Waals surface area contributed by atoms with Gasteiger partial charge in [-0.3, -0.25) is 0 Å². The number of ether oxygens (including phenoxy) is 1. The van der Waals surface area contributed by atoms with E-state index in [2.05, 4.69) is 6.07 Å². The molecule has 2 N–H and O–H groups in total. The standard InChI is InChI=1S/C13H18ClNO/c14-12-4-1-3-10(7-12)11(9-15)8-13-5-2-6-16-13/h1,3-4,7,11,13H,2,5-6,8-9,15H2. The highest BCUT2D eigenvalue weighted by Gasteiger charge is 2.21. The first kappa shape index (κ1) is 11.9. The molecule has 3 heteroatoms. The minimum atomic E-state index is 0.363. The highest BCUT2D eigenvalue weighted by Crippen LogP contribution is 2.27. The molecule has 0 spiro atoms. The Bertz CT molecular complexity index is 336. The van der Waals surface area contributed by atoms with Crippen molar-refractivity contribution < 1.29 is 4.74 Å². The van der Waals surface area contributed by atoms with Gasteiger partial charge in [0.15, 0.2) is 0 Å². The second kappa shape index (κ2) is 5.67. The molecule has 2 rings (SSSR count). The fourth-order valence-electron chi connectivity index (χ4n) is 2.28. The predicted octanol–water partition coefficient (Wildman–Crippen LogP) is 2.95. The third-order valence-electron chi connectivity index (χ3n) is 3.18. The first-order valence-electron chi connectivity index (χ1n) is 5.86. The van der Waals surface area contributed by atoms with E-state index in [1.54, 1.807) is 0 Å². The first-order valence-corrected chi connectivity index (χ1v) is 6.24. The van der Waals surface area contributed by atoms with Crippen molar-refractivity contribution >= 4 is 11.6 Å². The summed E-state index contributed by atoms with van der Waals surface area (Å²) in [6.07, 6.45) is 3.73. The Morgan fingerprint density at radius 2 is 2.38 bits per heavy atom. The van der Waals surface area contributed by atoms with Crippen molar-refractivity contribution in [2.24, 2.45) is 5.73 Å². The summed E-state index contributed by atoms with van der Waals surface area (Å²) in [5.41, 5.74) is 7.06. The average molecular weight is 240 g/mol. The minimum absolute atomic E-state index is 0.363. The van der Waals surface area contributed by atoms with Gasteiger partial charge in [0.2, 0.25) is 0 Å². The smallest absolute Gasteiger partial charge is 0.0582 e. The molecule has 0 bridgehead atoms. The second-order valence-electron chi connectivity index (χ2n) is 4.36. The predicted molar refractivity (Wildman–Crippen MR) is 66.8 cm³/mol. The molecule has 0 aromatic heterocycles. The van der Waals surface area contributed by atoms with E-state index in [-0.39, 0.29) is 0 Å². The van der Waals surface area contributed by atoms with Crippen LogP contribution in [0.3, 0.4) is 0 Å². The maximum Gasteiger partial charge on any atom is 0.0582 e. The van der Waals surface area contributed by atoms with Crippen LogP contribution in [-0.2, 0) is 4.74 Å². The summed E-state index contributed by atoms with van der Waals surface area (Å²) >= 11 is 5.99. The summed E-state index contributed by atoms with van der Waals surface area (Å²) < 4.78 is 5.65. The van der Waals surface area contributed by atoms with E-state index in [1.165, 1.54) is 12.0 Å². The number of halogens is 1. The first-order chi connectivity index (χ1) is 7.79. The fraction of sp³-hybridized carbons (Fsp3) is 0.538. The van der Waals surface area contributed by atoms with Crippen LogP contribution in [0.2, 0.25) is 5.02 Å². The van der Waals surface area contributed by atoms with Gasteiger partial charge < -0.3 is 10.5 Å². The number of benzene rings is 1. The average Bonchev–Trinajstić information content (AvgIpc) is 2.78. The van der Waals surface area contributed by atoms with Crippen LogP contribution in [0, 0.1) is 0 Å². The van der Waals surface area contributed by atoms with Crippen LogP contribution in [-0.4, -0.2) is 19.3 Å². The van der Waals surface area contributed by atoms with Crippen LogP contribution in [0.4, 0.5) is 0 Å².